The fourth-order valence-corrected chi connectivity index (χ4v) is 2.94. The number of carbonyl (C=O) groups is 1. The molecule has 0 bridgehead atoms. The number of alkyl halides is 3. The Morgan fingerprint density at radius 2 is 1.95 bits per heavy atom. The monoisotopic (exact) mass is 269 g/mol. The van der Waals surface area contributed by atoms with Crippen molar-refractivity contribution in [1.29, 1.82) is 0 Å². The van der Waals surface area contributed by atoms with Crippen LogP contribution in [0.5, 0.6) is 0 Å². The lowest BCUT2D eigenvalue weighted by molar-refractivity contribution is -0.137. The molecule has 2 nitrogen and oxygen atoms in total. The molecule has 1 aliphatic carbocycles. The Bertz CT molecular complexity index is 520. The van der Waals surface area contributed by atoms with Gasteiger partial charge in [-0.1, -0.05) is 12.5 Å². The highest BCUT2D eigenvalue weighted by Crippen LogP contribution is 2.46. The molecule has 1 heterocycles. The van der Waals surface area contributed by atoms with Crippen molar-refractivity contribution in [3.05, 3.63) is 29.3 Å². The third-order valence-electron chi connectivity index (χ3n) is 4.18. The van der Waals surface area contributed by atoms with Crippen LogP contribution < -0.4 is 5.32 Å². The lowest BCUT2D eigenvalue weighted by atomic mass is 9.70. The summed E-state index contributed by atoms with van der Waals surface area (Å²) in [6.07, 6.45) is -0.693. The van der Waals surface area contributed by atoms with Gasteiger partial charge in [0, 0.05) is 12.1 Å². The van der Waals surface area contributed by atoms with Gasteiger partial charge in [0.1, 0.15) is 0 Å². The van der Waals surface area contributed by atoms with Gasteiger partial charge in [0.25, 0.3) is 0 Å². The zero-order valence-electron chi connectivity index (χ0n) is 10.3. The van der Waals surface area contributed by atoms with Crippen molar-refractivity contribution in [2.75, 3.05) is 5.32 Å². The molecule has 3 rings (SSSR count). The molecule has 1 amide bonds. The Hall–Kier alpha value is -1.52. The van der Waals surface area contributed by atoms with E-state index >= 15 is 0 Å². The Morgan fingerprint density at radius 1 is 1.21 bits per heavy atom. The number of halogens is 3. The van der Waals surface area contributed by atoms with Gasteiger partial charge in [0.2, 0.25) is 5.91 Å². The Kier molecular flexibility index (Phi) is 2.80. The number of hydrogen-bond acceptors (Lipinski definition) is 1. The molecule has 0 spiro atoms. The summed E-state index contributed by atoms with van der Waals surface area (Å²) in [5, 5.41) is 2.57. The summed E-state index contributed by atoms with van der Waals surface area (Å²) in [7, 11) is 0. The van der Waals surface area contributed by atoms with Crippen molar-refractivity contribution in [1.82, 2.24) is 0 Å². The molecule has 0 aromatic heterocycles. The van der Waals surface area contributed by atoms with Crippen molar-refractivity contribution in [2.24, 2.45) is 5.92 Å². The molecule has 1 fully saturated rings. The van der Waals surface area contributed by atoms with Crippen LogP contribution in [0.4, 0.5) is 18.9 Å². The molecule has 1 atom stereocenters. The number of carbonyl (C=O) groups excluding carboxylic acids is 1. The highest BCUT2D eigenvalue weighted by Gasteiger charge is 2.37. The first kappa shape index (κ1) is 12.5. The van der Waals surface area contributed by atoms with Crippen LogP contribution in [0.3, 0.4) is 0 Å². The number of benzene rings is 1. The molecule has 1 aromatic carbocycles. The van der Waals surface area contributed by atoms with E-state index in [-0.39, 0.29) is 11.8 Å². The quantitative estimate of drug-likeness (QED) is 0.822. The average molecular weight is 269 g/mol. The van der Waals surface area contributed by atoms with Crippen LogP contribution in [-0.4, -0.2) is 5.91 Å². The molecular formula is C14H14F3NO. The SMILES string of the molecule is O=C1CC(C2CCC2)c2ccc(C(F)(F)F)cc2N1. The predicted octanol–water partition coefficient (Wildman–Crippen LogP) is 3.93. The van der Waals surface area contributed by atoms with Gasteiger partial charge in [-0.3, -0.25) is 4.79 Å². The summed E-state index contributed by atoms with van der Waals surface area (Å²) in [4.78, 5) is 11.6. The lowest BCUT2D eigenvalue weighted by Crippen LogP contribution is -2.30. The van der Waals surface area contributed by atoms with E-state index < -0.39 is 11.7 Å². The number of fused-ring (bicyclic) bond motifs is 1. The summed E-state index contributed by atoms with van der Waals surface area (Å²) in [6, 6.07) is 3.70. The minimum absolute atomic E-state index is 0.0831. The van der Waals surface area contributed by atoms with Crippen LogP contribution in [0.1, 0.15) is 42.7 Å². The van der Waals surface area contributed by atoms with Gasteiger partial charge >= 0.3 is 6.18 Å². The van der Waals surface area contributed by atoms with Gasteiger partial charge in [-0.05, 0) is 42.4 Å². The Morgan fingerprint density at radius 3 is 2.53 bits per heavy atom. The first-order valence-electron chi connectivity index (χ1n) is 6.46. The van der Waals surface area contributed by atoms with Crippen molar-refractivity contribution in [3.8, 4) is 0 Å². The molecular weight excluding hydrogens is 255 g/mol. The summed E-state index contributed by atoms with van der Waals surface area (Å²) in [6.45, 7) is 0. The number of amides is 1. The van der Waals surface area contributed by atoms with E-state index in [1.54, 1.807) is 0 Å². The molecule has 5 heteroatoms. The van der Waals surface area contributed by atoms with Crippen LogP contribution >= 0.6 is 0 Å². The number of hydrogen-bond donors (Lipinski definition) is 1. The van der Waals surface area contributed by atoms with E-state index in [0.717, 1.165) is 37.0 Å². The summed E-state index contributed by atoms with van der Waals surface area (Å²) in [5.41, 5.74) is 0.487. The van der Waals surface area contributed by atoms with Gasteiger partial charge in [0.05, 0.1) is 5.56 Å². The molecule has 19 heavy (non-hydrogen) atoms. The summed E-state index contributed by atoms with van der Waals surface area (Å²) < 4.78 is 38.0. The molecule has 102 valence electrons. The van der Waals surface area contributed by atoms with Gasteiger partial charge in [0.15, 0.2) is 0 Å². The van der Waals surface area contributed by atoms with Crippen LogP contribution in [0, 0.1) is 5.92 Å². The second kappa shape index (κ2) is 4.25. The van der Waals surface area contributed by atoms with Gasteiger partial charge in [-0.15, -0.1) is 0 Å². The van der Waals surface area contributed by atoms with E-state index in [1.165, 1.54) is 6.07 Å². The highest BCUT2D eigenvalue weighted by atomic mass is 19.4. The molecule has 1 aliphatic heterocycles. The van der Waals surface area contributed by atoms with Gasteiger partial charge in [-0.25, -0.2) is 0 Å². The standard InChI is InChI=1S/C14H14F3NO/c15-14(16,17)9-4-5-10-11(8-2-1-3-8)7-13(19)18-12(10)6-9/h4-6,8,11H,1-3,7H2,(H,18,19). The van der Waals surface area contributed by atoms with Crippen LogP contribution in [0.25, 0.3) is 0 Å². The van der Waals surface area contributed by atoms with Crippen molar-refractivity contribution >= 4 is 11.6 Å². The molecule has 1 saturated carbocycles. The maximum Gasteiger partial charge on any atom is 0.416 e. The smallest absolute Gasteiger partial charge is 0.326 e. The second-order valence-electron chi connectivity index (χ2n) is 5.35. The van der Waals surface area contributed by atoms with E-state index in [4.69, 9.17) is 0 Å². The van der Waals surface area contributed by atoms with Crippen LogP contribution in [-0.2, 0) is 11.0 Å². The molecule has 2 aliphatic rings. The second-order valence-corrected chi connectivity index (χ2v) is 5.35. The topological polar surface area (TPSA) is 29.1 Å². The molecule has 0 radical (unpaired) electrons. The zero-order valence-corrected chi connectivity index (χ0v) is 10.3. The van der Waals surface area contributed by atoms with E-state index in [1.807, 2.05) is 0 Å². The van der Waals surface area contributed by atoms with Crippen LogP contribution in [0.15, 0.2) is 18.2 Å². The van der Waals surface area contributed by atoms with Crippen molar-refractivity contribution in [2.45, 2.75) is 37.8 Å². The Labute approximate surface area is 109 Å². The number of anilines is 1. The minimum Gasteiger partial charge on any atom is -0.326 e. The van der Waals surface area contributed by atoms with E-state index in [2.05, 4.69) is 5.32 Å². The average Bonchev–Trinajstić information content (AvgIpc) is 2.24. The largest absolute Gasteiger partial charge is 0.416 e. The predicted molar refractivity (Wildman–Crippen MR) is 64.8 cm³/mol. The van der Waals surface area contributed by atoms with E-state index in [9.17, 15) is 18.0 Å². The zero-order chi connectivity index (χ0) is 13.6. The summed E-state index contributed by atoms with van der Waals surface area (Å²) in [5.74, 6) is 0.352. The van der Waals surface area contributed by atoms with Gasteiger partial charge in [-0.2, -0.15) is 13.2 Å². The maximum absolute atomic E-state index is 12.7. The third-order valence-corrected chi connectivity index (χ3v) is 4.18. The molecule has 0 saturated heterocycles. The molecule has 1 unspecified atom stereocenters. The van der Waals surface area contributed by atoms with E-state index in [0.29, 0.717) is 18.0 Å². The fraction of sp³-hybridized carbons (Fsp3) is 0.500. The maximum atomic E-state index is 12.7. The summed E-state index contributed by atoms with van der Waals surface area (Å²) >= 11 is 0. The van der Waals surface area contributed by atoms with Crippen LogP contribution in [0.2, 0.25) is 0 Å². The number of rotatable bonds is 1. The third kappa shape index (κ3) is 2.22. The lowest BCUT2D eigenvalue weighted by Gasteiger charge is -2.37. The van der Waals surface area contributed by atoms with Crippen molar-refractivity contribution in [3.63, 3.8) is 0 Å². The first-order chi connectivity index (χ1) is 8.95. The van der Waals surface area contributed by atoms with Gasteiger partial charge < -0.3 is 5.32 Å². The Balaban J connectivity index is 1.99. The fourth-order valence-electron chi connectivity index (χ4n) is 2.94. The molecule has 1 N–H and O–H groups in total. The van der Waals surface area contributed by atoms with Crippen molar-refractivity contribution < 1.29 is 18.0 Å². The first-order valence-corrected chi connectivity index (χ1v) is 6.46. The normalized spacial score (nSPS) is 23.5. The minimum atomic E-state index is -4.37. The number of nitrogens with one attached hydrogen (secondary N) is 1. The highest BCUT2D eigenvalue weighted by molar-refractivity contribution is 5.95. The molecule has 1 aromatic rings.